The van der Waals surface area contributed by atoms with Crippen molar-refractivity contribution in [3.8, 4) is 0 Å². The van der Waals surface area contributed by atoms with Gasteiger partial charge in [0, 0.05) is 17.3 Å². The minimum atomic E-state index is 0.0817. The zero-order valence-electron chi connectivity index (χ0n) is 11.2. The van der Waals surface area contributed by atoms with Crippen LogP contribution in [0.15, 0.2) is 41.0 Å². The van der Waals surface area contributed by atoms with Crippen LogP contribution in [-0.2, 0) is 13.2 Å². The van der Waals surface area contributed by atoms with Crippen LogP contribution in [0.1, 0.15) is 29.7 Å². The van der Waals surface area contributed by atoms with Crippen molar-refractivity contribution in [3.63, 3.8) is 0 Å². The van der Waals surface area contributed by atoms with Gasteiger partial charge < -0.3 is 14.4 Å². The number of nitrogens with zero attached hydrogens (tertiary/aromatic N) is 1. The van der Waals surface area contributed by atoms with Gasteiger partial charge in [-0.25, -0.2) is 0 Å². The highest BCUT2D eigenvalue weighted by Gasteiger charge is 2.30. The number of hydrogen-bond donors (Lipinski definition) is 1. The molecule has 1 aliphatic carbocycles. The third kappa shape index (κ3) is 2.66. The summed E-state index contributed by atoms with van der Waals surface area (Å²) in [6.07, 6.45) is 4.15. The lowest BCUT2D eigenvalue weighted by Crippen LogP contribution is -2.26. The van der Waals surface area contributed by atoms with Gasteiger partial charge in [0.2, 0.25) is 0 Å². The minimum Gasteiger partial charge on any atom is -0.467 e. The molecule has 0 amide bonds. The van der Waals surface area contributed by atoms with Crippen molar-refractivity contribution >= 4 is 5.69 Å². The van der Waals surface area contributed by atoms with E-state index < -0.39 is 0 Å². The highest BCUT2D eigenvalue weighted by molar-refractivity contribution is 5.56. The molecule has 19 heavy (non-hydrogen) atoms. The lowest BCUT2D eigenvalue weighted by atomic mass is 10.1. The van der Waals surface area contributed by atoms with Crippen LogP contribution in [0, 0.1) is 6.92 Å². The van der Waals surface area contributed by atoms with E-state index in [0.717, 1.165) is 23.6 Å². The molecule has 1 aliphatic rings. The molecule has 3 rings (SSSR count). The average Bonchev–Trinajstić information content (AvgIpc) is 3.13. The number of hydrogen-bond acceptors (Lipinski definition) is 3. The van der Waals surface area contributed by atoms with Crippen molar-refractivity contribution in [2.75, 3.05) is 4.90 Å². The first-order valence-electron chi connectivity index (χ1n) is 6.77. The summed E-state index contributed by atoms with van der Waals surface area (Å²) < 4.78 is 5.46. The third-order valence-electron chi connectivity index (χ3n) is 3.61. The molecule has 1 saturated carbocycles. The molecule has 1 heterocycles. The number of furan rings is 1. The first-order chi connectivity index (χ1) is 9.28. The van der Waals surface area contributed by atoms with Gasteiger partial charge in [0.15, 0.2) is 0 Å². The molecule has 0 saturated heterocycles. The van der Waals surface area contributed by atoms with Crippen molar-refractivity contribution in [2.24, 2.45) is 0 Å². The molecule has 2 aromatic rings. The molecule has 1 aromatic heterocycles. The summed E-state index contributed by atoms with van der Waals surface area (Å²) in [7, 11) is 0. The molecule has 0 bridgehead atoms. The Balaban J connectivity index is 1.91. The van der Waals surface area contributed by atoms with Crippen LogP contribution in [0.3, 0.4) is 0 Å². The van der Waals surface area contributed by atoms with Gasteiger partial charge >= 0.3 is 0 Å². The highest BCUT2D eigenvalue weighted by Crippen LogP contribution is 2.35. The third-order valence-corrected chi connectivity index (χ3v) is 3.61. The van der Waals surface area contributed by atoms with Crippen molar-refractivity contribution < 1.29 is 9.52 Å². The fraction of sp³-hybridized carbons (Fsp3) is 0.375. The number of benzene rings is 1. The standard InChI is InChI=1S/C16H19NO2/c1-12-4-7-16(13(9-12)11-18)17(14-5-6-14)10-15-3-2-8-19-15/h2-4,7-9,14,18H,5-6,10-11H2,1H3. The van der Waals surface area contributed by atoms with Crippen LogP contribution in [0.2, 0.25) is 0 Å². The second-order valence-corrected chi connectivity index (χ2v) is 5.23. The van der Waals surface area contributed by atoms with E-state index in [-0.39, 0.29) is 6.61 Å². The smallest absolute Gasteiger partial charge is 0.123 e. The minimum absolute atomic E-state index is 0.0817. The summed E-state index contributed by atoms with van der Waals surface area (Å²) in [5, 5.41) is 9.57. The Kier molecular flexibility index (Phi) is 3.30. The van der Waals surface area contributed by atoms with E-state index in [9.17, 15) is 5.11 Å². The Bertz CT molecular complexity index is 544. The molecule has 1 aromatic carbocycles. The molecule has 1 fully saturated rings. The maximum absolute atomic E-state index is 9.57. The van der Waals surface area contributed by atoms with Gasteiger partial charge in [-0.15, -0.1) is 0 Å². The van der Waals surface area contributed by atoms with Crippen LogP contribution < -0.4 is 4.90 Å². The highest BCUT2D eigenvalue weighted by atomic mass is 16.3. The van der Waals surface area contributed by atoms with E-state index >= 15 is 0 Å². The monoisotopic (exact) mass is 257 g/mol. The summed E-state index contributed by atoms with van der Waals surface area (Å²) in [5.41, 5.74) is 3.31. The van der Waals surface area contributed by atoms with Crippen molar-refractivity contribution in [1.29, 1.82) is 0 Å². The largest absolute Gasteiger partial charge is 0.467 e. The Labute approximate surface area is 113 Å². The Hall–Kier alpha value is -1.74. The van der Waals surface area contributed by atoms with Crippen LogP contribution in [-0.4, -0.2) is 11.1 Å². The number of anilines is 1. The zero-order chi connectivity index (χ0) is 13.2. The van der Waals surface area contributed by atoms with Gasteiger partial charge in [-0.3, -0.25) is 0 Å². The van der Waals surface area contributed by atoms with Crippen molar-refractivity contribution in [2.45, 2.75) is 39.0 Å². The van der Waals surface area contributed by atoms with Crippen LogP contribution in [0.4, 0.5) is 5.69 Å². The van der Waals surface area contributed by atoms with Gasteiger partial charge in [0.25, 0.3) is 0 Å². The van der Waals surface area contributed by atoms with E-state index in [2.05, 4.69) is 30.0 Å². The SMILES string of the molecule is Cc1ccc(N(Cc2ccco2)C2CC2)c(CO)c1. The second-order valence-electron chi connectivity index (χ2n) is 5.23. The normalized spacial score (nSPS) is 14.6. The van der Waals surface area contributed by atoms with Gasteiger partial charge in [-0.05, 0) is 38.0 Å². The fourth-order valence-corrected chi connectivity index (χ4v) is 2.49. The second kappa shape index (κ2) is 5.10. The van der Waals surface area contributed by atoms with E-state index in [4.69, 9.17) is 4.42 Å². The maximum atomic E-state index is 9.57. The first-order valence-corrected chi connectivity index (χ1v) is 6.77. The van der Waals surface area contributed by atoms with E-state index in [1.165, 1.54) is 18.4 Å². The molecule has 0 spiro atoms. The lowest BCUT2D eigenvalue weighted by Gasteiger charge is -2.26. The Morgan fingerprint density at radius 2 is 2.16 bits per heavy atom. The molecule has 3 nitrogen and oxygen atoms in total. The predicted octanol–water partition coefficient (Wildman–Crippen LogP) is 3.25. The quantitative estimate of drug-likeness (QED) is 0.893. The van der Waals surface area contributed by atoms with E-state index in [1.54, 1.807) is 6.26 Å². The number of rotatable bonds is 5. The molecular formula is C16H19NO2. The molecule has 0 aliphatic heterocycles. The zero-order valence-corrected chi connectivity index (χ0v) is 11.2. The molecule has 0 unspecified atom stereocenters. The molecule has 100 valence electrons. The molecule has 1 N–H and O–H groups in total. The van der Waals surface area contributed by atoms with Gasteiger partial charge in [0.05, 0.1) is 19.4 Å². The molecule has 0 radical (unpaired) electrons. The maximum Gasteiger partial charge on any atom is 0.123 e. The molecule has 3 heteroatoms. The van der Waals surface area contributed by atoms with Crippen LogP contribution in [0.25, 0.3) is 0 Å². The van der Waals surface area contributed by atoms with Crippen LogP contribution in [0.5, 0.6) is 0 Å². The average molecular weight is 257 g/mol. The predicted molar refractivity (Wildman–Crippen MR) is 75.0 cm³/mol. The number of aliphatic hydroxyl groups is 1. The van der Waals surface area contributed by atoms with Gasteiger partial charge in [0.1, 0.15) is 5.76 Å². The topological polar surface area (TPSA) is 36.6 Å². The van der Waals surface area contributed by atoms with Crippen LogP contribution >= 0.6 is 0 Å². The molecular weight excluding hydrogens is 238 g/mol. The van der Waals surface area contributed by atoms with Gasteiger partial charge in [-0.1, -0.05) is 17.7 Å². The Morgan fingerprint density at radius 1 is 1.32 bits per heavy atom. The lowest BCUT2D eigenvalue weighted by molar-refractivity contribution is 0.282. The van der Waals surface area contributed by atoms with Gasteiger partial charge in [-0.2, -0.15) is 0 Å². The first kappa shape index (κ1) is 12.3. The summed E-state index contributed by atoms with van der Waals surface area (Å²) in [4.78, 5) is 2.35. The number of aliphatic hydroxyl groups excluding tert-OH is 1. The summed E-state index contributed by atoms with van der Waals surface area (Å²) in [5.74, 6) is 0.969. The van der Waals surface area contributed by atoms with E-state index in [0.29, 0.717) is 6.04 Å². The van der Waals surface area contributed by atoms with Crippen molar-refractivity contribution in [3.05, 3.63) is 53.5 Å². The van der Waals surface area contributed by atoms with E-state index in [1.807, 2.05) is 12.1 Å². The fourth-order valence-electron chi connectivity index (χ4n) is 2.49. The summed E-state index contributed by atoms with van der Waals surface area (Å²) >= 11 is 0. The number of aryl methyl sites for hydroxylation is 1. The Morgan fingerprint density at radius 3 is 2.79 bits per heavy atom. The molecule has 0 atom stereocenters. The summed E-state index contributed by atoms with van der Waals surface area (Å²) in [6.45, 7) is 2.91. The summed E-state index contributed by atoms with van der Waals surface area (Å²) in [6, 6.07) is 10.8. The van der Waals surface area contributed by atoms with Crippen molar-refractivity contribution in [1.82, 2.24) is 0 Å².